The Morgan fingerprint density at radius 2 is 0.845 bits per heavy atom. The summed E-state index contributed by atoms with van der Waals surface area (Å²) in [5, 5.41) is 7.48. The van der Waals surface area contributed by atoms with E-state index in [1.54, 1.807) is 0 Å². The predicted molar refractivity (Wildman–Crippen MR) is 247 cm³/mol. The fourth-order valence-corrected chi connectivity index (χ4v) is 8.84. The van der Waals surface area contributed by atoms with Crippen LogP contribution in [0, 0.1) is 0 Å². The molecule has 58 heavy (non-hydrogen) atoms. The lowest BCUT2D eigenvalue weighted by molar-refractivity contribution is 1.20. The fraction of sp³-hybridized carbons (Fsp3) is 0. The lowest BCUT2D eigenvalue weighted by Gasteiger charge is -2.26. The SMILES string of the molecule is c1ccc(-c2ccc(N(c3ccc(-c4ccc(-n5c6ccccc6c6ccc7ccccc7c65)c5ccccc45)cc3)c3cccc(-c4ccccc4)c3)cc2)cc1. The molecule has 272 valence electrons. The Labute approximate surface area is 338 Å². The van der Waals surface area contributed by atoms with Crippen LogP contribution in [0.5, 0.6) is 0 Å². The largest absolute Gasteiger partial charge is 0.310 e. The van der Waals surface area contributed by atoms with Gasteiger partial charge in [-0.3, -0.25) is 0 Å². The minimum absolute atomic E-state index is 1.10. The van der Waals surface area contributed by atoms with Gasteiger partial charge in [0.05, 0.1) is 16.7 Å². The Balaban J connectivity index is 1.03. The third-order valence-electron chi connectivity index (χ3n) is 11.6. The highest BCUT2D eigenvalue weighted by atomic mass is 15.1. The molecule has 2 nitrogen and oxygen atoms in total. The van der Waals surface area contributed by atoms with E-state index < -0.39 is 0 Å². The van der Waals surface area contributed by atoms with Gasteiger partial charge in [-0.25, -0.2) is 0 Å². The molecule has 0 aliphatic carbocycles. The third-order valence-corrected chi connectivity index (χ3v) is 11.6. The second-order valence-electron chi connectivity index (χ2n) is 14.9. The molecule has 0 N–H and O–H groups in total. The van der Waals surface area contributed by atoms with Gasteiger partial charge in [0.25, 0.3) is 0 Å². The van der Waals surface area contributed by atoms with Gasteiger partial charge in [0.2, 0.25) is 0 Å². The van der Waals surface area contributed by atoms with Crippen molar-refractivity contribution >= 4 is 60.4 Å². The molecule has 0 aliphatic rings. The van der Waals surface area contributed by atoms with Crippen LogP contribution in [0.1, 0.15) is 0 Å². The van der Waals surface area contributed by atoms with Crippen molar-refractivity contribution in [1.82, 2.24) is 4.57 Å². The quantitative estimate of drug-likeness (QED) is 0.158. The van der Waals surface area contributed by atoms with Crippen molar-refractivity contribution in [3.05, 3.63) is 231 Å². The monoisotopic (exact) mass is 738 g/mol. The lowest BCUT2D eigenvalue weighted by Crippen LogP contribution is -2.10. The molecule has 11 aromatic rings. The molecule has 0 unspecified atom stereocenters. The number of fused-ring (bicyclic) bond motifs is 6. The van der Waals surface area contributed by atoms with Crippen molar-refractivity contribution in [2.45, 2.75) is 0 Å². The average Bonchev–Trinajstić information content (AvgIpc) is 3.65. The second-order valence-corrected chi connectivity index (χ2v) is 14.9. The van der Waals surface area contributed by atoms with E-state index in [4.69, 9.17) is 0 Å². The van der Waals surface area contributed by atoms with Crippen molar-refractivity contribution in [2.24, 2.45) is 0 Å². The van der Waals surface area contributed by atoms with Crippen LogP contribution in [0.25, 0.3) is 82.4 Å². The Hall–Kier alpha value is -7.68. The molecule has 0 fully saturated rings. The number of para-hydroxylation sites is 1. The topological polar surface area (TPSA) is 8.17 Å². The van der Waals surface area contributed by atoms with E-state index in [-0.39, 0.29) is 0 Å². The molecule has 1 aromatic heterocycles. The molecular formula is C56H38N2. The number of nitrogens with zero attached hydrogens (tertiary/aromatic N) is 2. The number of anilines is 3. The summed E-state index contributed by atoms with van der Waals surface area (Å²) in [7, 11) is 0. The molecule has 0 bridgehead atoms. The van der Waals surface area contributed by atoms with Crippen LogP contribution >= 0.6 is 0 Å². The lowest BCUT2D eigenvalue weighted by atomic mass is 9.96. The van der Waals surface area contributed by atoms with Gasteiger partial charge in [-0.1, -0.05) is 182 Å². The summed E-state index contributed by atoms with van der Waals surface area (Å²) in [4.78, 5) is 2.36. The summed E-state index contributed by atoms with van der Waals surface area (Å²) in [5.41, 5.74) is 14.1. The van der Waals surface area contributed by atoms with Crippen LogP contribution in [0.4, 0.5) is 17.1 Å². The number of hydrogen-bond donors (Lipinski definition) is 0. The molecule has 0 spiro atoms. The molecule has 0 saturated heterocycles. The summed E-state index contributed by atoms with van der Waals surface area (Å²) >= 11 is 0. The second kappa shape index (κ2) is 14.1. The molecular weight excluding hydrogens is 701 g/mol. The Morgan fingerprint density at radius 3 is 1.57 bits per heavy atom. The van der Waals surface area contributed by atoms with E-state index in [0.29, 0.717) is 0 Å². The molecule has 0 radical (unpaired) electrons. The van der Waals surface area contributed by atoms with E-state index in [1.165, 1.54) is 82.4 Å². The Kier molecular flexibility index (Phi) is 8.19. The van der Waals surface area contributed by atoms with Crippen molar-refractivity contribution in [1.29, 1.82) is 0 Å². The van der Waals surface area contributed by atoms with Gasteiger partial charge in [-0.15, -0.1) is 0 Å². The highest BCUT2D eigenvalue weighted by Gasteiger charge is 2.19. The number of aromatic nitrogens is 1. The first-order chi connectivity index (χ1) is 28.8. The molecule has 0 saturated carbocycles. The van der Waals surface area contributed by atoms with E-state index in [1.807, 2.05) is 0 Å². The van der Waals surface area contributed by atoms with Gasteiger partial charge in [-0.05, 0) is 92.7 Å². The third kappa shape index (κ3) is 5.74. The average molecular weight is 739 g/mol. The van der Waals surface area contributed by atoms with E-state index in [0.717, 1.165) is 17.1 Å². The Bertz CT molecular complexity index is 3250. The van der Waals surface area contributed by atoms with Gasteiger partial charge in [0, 0.05) is 38.6 Å². The Morgan fingerprint density at radius 1 is 0.293 bits per heavy atom. The van der Waals surface area contributed by atoms with Crippen LogP contribution < -0.4 is 4.90 Å². The summed E-state index contributed by atoms with van der Waals surface area (Å²) in [6.07, 6.45) is 0. The molecule has 0 atom stereocenters. The summed E-state index contributed by atoms with van der Waals surface area (Å²) in [5.74, 6) is 0. The number of rotatable bonds is 7. The van der Waals surface area contributed by atoms with Crippen molar-refractivity contribution in [2.75, 3.05) is 4.90 Å². The summed E-state index contributed by atoms with van der Waals surface area (Å²) in [6, 6.07) is 83.6. The first-order valence-electron chi connectivity index (χ1n) is 19.9. The predicted octanol–water partition coefficient (Wildman–Crippen LogP) is 15.6. The minimum atomic E-state index is 1.10. The fourth-order valence-electron chi connectivity index (χ4n) is 8.84. The maximum atomic E-state index is 2.48. The van der Waals surface area contributed by atoms with E-state index in [9.17, 15) is 0 Å². The summed E-state index contributed by atoms with van der Waals surface area (Å²) in [6.45, 7) is 0. The zero-order valence-electron chi connectivity index (χ0n) is 31.8. The first kappa shape index (κ1) is 33.6. The van der Waals surface area contributed by atoms with Gasteiger partial charge >= 0.3 is 0 Å². The van der Waals surface area contributed by atoms with Crippen molar-refractivity contribution in [3.63, 3.8) is 0 Å². The molecule has 0 aliphatic heterocycles. The molecule has 0 amide bonds. The van der Waals surface area contributed by atoms with Gasteiger partial charge in [0.1, 0.15) is 0 Å². The zero-order valence-corrected chi connectivity index (χ0v) is 31.8. The minimum Gasteiger partial charge on any atom is -0.310 e. The van der Waals surface area contributed by atoms with Gasteiger partial charge in [-0.2, -0.15) is 0 Å². The van der Waals surface area contributed by atoms with E-state index in [2.05, 4.69) is 240 Å². The zero-order chi connectivity index (χ0) is 38.4. The highest BCUT2D eigenvalue weighted by Crippen LogP contribution is 2.42. The van der Waals surface area contributed by atoms with Crippen LogP contribution in [-0.4, -0.2) is 4.57 Å². The molecule has 2 heteroatoms. The number of benzene rings is 10. The highest BCUT2D eigenvalue weighted by molar-refractivity contribution is 6.19. The van der Waals surface area contributed by atoms with Crippen molar-refractivity contribution in [3.8, 4) is 39.1 Å². The first-order valence-corrected chi connectivity index (χ1v) is 19.9. The maximum absolute atomic E-state index is 2.48. The van der Waals surface area contributed by atoms with Gasteiger partial charge in [0.15, 0.2) is 0 Å². The van der Waals surface area contributed by atoms with Crippen LogP contribution in [0.15, 0.2) is 231 Å². The van der Waals surface area contributed by atoms with Crippen molar-refractivity contribution < 1.29 is 0 Å². The normalized spacial score (nSPS) is 11.4. The number of hydrogen-bond acceptors (Lipinski definition) is 1. The van der Waals surface area contributed by atoms with E-state index >= 15 is 0 Å². The molecule has 11 rings (SSSR count). The van der Waals surface area contributed by atoms with Crippen LogP contribution in [-0.2, 0) is 0 Å². The molecule has 10 aromatic carbocycles. The summed E-state index contributed by atoms with van der Waals surface area (Å²) < 4.78 is 2.48. The maximum Gasteiger partial charge on any atom is 0.0619 e. The smallest absolute Gasteiger partial charge is 0.0619 e. The van der Waals surface area contributed by atoms with Crippen LogP contribution in [0.2, 0.25) is 0 Å². The van der Waals surface area contributed by atoms with Crippen LogP contribution in [0.3, 0.4) is 0 Å². The molecule has 1 heterocycles. The standard InChI is InChI=1S/C56H38N2/c1-3-14-39(15-4-1)41-26-31-45(32-27-41)57(47-20-13-19-44(38-47)40-16-5-2-6-17-40)46-33-28-43(29-34-46)48-36-37-55(51-23-10-9-22-50(48)51)58-54-25-12-11-24-52(54)53-35-30-42-18-7-8-21-49(42)56(53)58/h1-38H. The van der Waals surface area contributed by atoms with Gasteiger partial charge < -0.3 is 9.47 Å².